The third-order valence-electron chi connectivity index (χ3n) is 1.71. The maximum Gasteiger partial charge on any atom is 0.284 e. The number of tetrazole rings is 1. The van der Waals surface area contributed by atoms with E-state index in [1.54, 1.807) is 0 Å². The molecule has 90 valence electrons. The van der Waals surface area contributed by atoms with Crippen molar-refractivity contribution in [2.24, 2.45) is 7.05 Å². The van der Waals surface area contributed by atoms with Gasteiger partial charge in [-0.15, -0.1) is 5.10 Å². The van der Waals surface area contributed by atoms with Gasteiger partial charge in [0.05, 0.1) is 7.05 Å². The first-order chi connectivity index (χ1) is 7.99. The first kappa shape index (κ1) is 11.4. The molecule has 8 nitrogen and oxygen atoms in total. The summed E-state index contributed by atoms with van der Waals surface area (Å²) in [5, 5.41) is 9.74. The second kappa shape index (κ2) is 4.05. The second-order valence-electron chi connectivity index (χ2n) is 3.00. The van der Waals surface area contributed by atoms with E-state index in [0.717, 1.165) is 10.9 Å². The van der Waals surface area contributed by atoms with Crippen molar-refractivity contribution in [2.75, 3.05) is 4.72 Å². The third kappa shape index (κ3) is 2.36. The molecule has 0 aliphatic heterocycles. The summed E-state index contributed by atoms with van der Waals surface area (Å²) in [6.07, 6.45) is 1.17. The van der Waals surface area contributed by atoms with Gasteiger partial charge in [0.1, 0.15) is 0 Å². The zero-order valence-corrected chi connectivity index (χ0v) is 9.39. The second-order valence-corrected chi connectivity index (χ2v) is 4.60. The molecule has 10 heteroatoms. The first-order valence-electron chi connectivity index (χ1n) is 4.36. The van der Waals surface area contributed by atoms with Gasteiger partial charge in [0.25, 0.3) is 16.0 Å². The summed E-state index contributed by atoms with van der Waals surface area (Å²) in [5.74, 6) is -1.21. The van der Waals surface area contributed by atoms with Crippen LogP contribution in [0.3, 0.4) is 0 Å². The van der Waals surface area contributed by atoms with Crippen molar-refractivity contribution in [1.82, 2.24) is 25.2 Å². The van der Waals surface area contributed by atoms with E-state index in [1.165, 1.54) is 19.3 Å². The van der Waals surface area contributed by atoms with Crippen molar-refractivity contribution >= 4 is 16.0 Å². The molecule has 0 aromatic carbocycles. The van der Waals surface area contributed by atoms with Gasteiger partial charge in [0.15, 0.2) is 5.82 Å². The van der Waals surface area contributed by atoms with E-state index >= 15 is 0 Å². The van der Waals surface area contributed by atoms with Gasteiger partial charge in [-0.3, -0.25) is 0 Å². The molecule has 0 spiro atoms. The van der Waals surface area contributed by atoms with Crippen molar-refractivity contribution in [3.05, 3.63) is 24.1 Å². The number of nitrogens with one attached hydrogen (secondary N) is 1. The Kier molecular flexibility index (Phi) is 2.71. The van der Waals surface area contributed by atoms with Gasteiger partial charge in [0.2, 0.25) is 5.03 Å². The van der Waals surface area contributed by atoms with Gasteiger partial charge in [0, 0.05) is 6.20 Å². The summed E-state index contributed by atoms with van der Waals surface area (Å²) in [6.45, 7) is 0. The van der Waals surface area contributed by atoms with E-state index in [2.05, 4.69) is 20.4 Å². The van der Waals surface area contributed by atoms with Gasteiger partial charge in [-0.2, -0.15) is 13.2 Å². The minimum atomic E-state index is -4.15. The van der Waals surface area contributed by atoms with Crippen LogP contribution in [0.2, 0.25) is 0 Å². The normalized spacial score (nSPS) is 11.4. The molecular weight excluding hydrogens is 251 g/mol. The Morgan fingerprint density at radius 3 is 2.82 bits per heavy atom. The number of halogens is 1. The summed E-state index contributed by atoms with van der Waals surface area (Å²) in [5.41, 5.74) is 0. The van der Waals surface area contributed by atoms with Gasteiger partial charge >= 0.3 is 0 Å². The highest BCUT2D eigenvalue weighted by atomic mass is 32.2. The van der Waals surface area contributed by atoms with Crippen LogP contribution in [0.15, 0.2) is 23.4 Å². The Hall–Kier alpha value is -2.10. The zero-order valence-electron chi connectivity index (χ0n) is 8.57. The molecule has 0 atom stereocenters. The lowest BCUT2D eigenvalue weighted by molar-refractivity contribution is 0.556. The molecule has 2 aromatic heterocycles. The summed E-state index contributed by atoms with van der Waals surface area (Å²) in [6, 6.07) is 2.28. The van der Waals surface area contributed by atoms with Gasteiger partial charge in [-0.1, -0.05) is 5.10 Å². The quantitative estimate of drug-likeness (QED) is 0.799. The smallest absolute Gasteiger partial charge is 0.243 e. The minimum Gasteiger partial charge on any atom is -0.243 e. The summed E-state index contributed by atoms with van der Waals surface area (Å²) in [4.78, 5) is 4.51. The Labute approximate surface area is 95.5 Å². The zero-order chi connectivity index (χ0) is 12.5. The van der Waals surface area contributed by atoms with E-state index in [-0.39, 0.29) is 5.95 Å². The molecule has 0 amide bonds. The third-order valence-corrected chi connectivity index (χ3v) is 2.97. The number of nitrogens with zero attached hydrogens (tertiary/aromatic N) is 5. The van der Waals surface area contributed by atoms with Crippen LogP contribution in [-0.4, -0.2) is 33.6 Å². The number of hydrogen-bond donors (Lipinski definition) is 1. The number of hydrogen-bond acceptors (Lipinski definition) is 6. The van der Waals surface area contributed by atoms with Crippen LogP contribution >= 0.6 is 0 Å². The van der Waals surface area contributed by atoms with Crippen LogP contribution < -0.4 is 4.72 Å². The molecule has 0 radical (unpaired) electrons. The van der Waals surface area contributed by atoms with Gasteiger partial charge in [-0.05, 0) is 17.3 Å². The van der Waals surface area contributed by atoms with E-state index < -0.39 is 20.9 Å². The Morgan fingerprint density at radius 2 is 2.24 bits per heavy atom. The van der Waals surface area contributed by atoms with Crippen LogP contribution in [0, 0.1) is 5.82 Å². The molecule has 17 heavy (non-hydrogen) atoms. The molecule has 0 saturated carbocycles. The predicted octanol–water partition coefficient (Wildman–Crippen LogP) is -0.455. The predicted molar refractivity (Wildman–Crippen MR) is 53.8 cm³/mol. The summed E-state index contributed by atoms with van der Waals surface area (Å²) in [7, 11) is -2.68. The number of aryl methyl sites for hydroxylation is 1. The fraction of sp³-hybridized carbons (Fsp3) is 0.143. The van der Waals surface area contributed by atoms with E-state index in [4.69, 9.17) is 0 Å². The van der Waals surface area contributed by atoms with Crippen LogP contribution in [0.5, 0.6) is 0 Å². The average molecular weight is 258 g/mol. The molecular formula is C7H7FN6O2S. The molecule has 2 heterocycles. The van der Waals surface area contributed by atoms with E-state index in [9.17, 15) is 12.8 Å². The molecule has 2 rings (SSSR count). The highest BCUT2D eigenvalue weighted by molar-refractivity contribution is 7.92. The van der Waals surface area contributed by atoms with Crippen LogP contribution in [-0.2, 0) is 17.1 Å². The fourth-order valence-corrected chi connectivity index (χ4v) is 2.01. The lowest BCUT2D eigenvalue weighted by Crippen LogP contribution is -2.17. The van der Waals surface area contributed by atoms with Gasteiger partial charge in [-0.25, -0.2) is 14.1 Å². The Bertz CT molecular complexity index is 639. The molecule has 0 fully saturated rings. The lowest BCUT2D eigenvalue weighted by Gasteiger charge is -2.03. The monoisotopic (exact) mass is 258 g/mol. The minimum absolute atomic E-state index is 0.252. The van der Waals surface area contributed by atoms with E-state index in [0.29, 0.717) is 0 Å². The maximum atomic E-state index is 13.2. The molecule has 0 aliphatic rings. The number of rotatable bonds is 3. The molecule has 1 N–H and O–H groups in total. The number of anilines is 1. The SMILES string of the molecule is Cn1nnc(NS(=O)(=O)c2ncccc2F)n1. The largest absolute Gasteiger partial charge is 0.284 e. The van der Waals surface area contributed by atoms with Crippen molar-refractivity contribution < 1.29 is 12.8 Å². The Morgan fingerprint density at radius 1 is 1.47 bits per heavy atom. The number of sulfonamides is 1. The van der Waals surface area contributed by atoms with E-state index in [1.807, 2.05) is 4.72 Å². The van der Waals surface area contributed by atoms with Crippen molar-refractivity contribution in [3.63, 3.8) is 0 Å². The first-order valence-corrected chi connectivity index (χ1v) is 5.85. The van der Waals surface area contributed by atoms with Crippen LogP contribution in [0.1, 0.15) is 0 Å². The fourth-order valence-electron chi connectivity index (χ4n) is 1.06. The topological polar surface area (TPSA) is 103 Å². The standard InChI is InChI=1S/C7H7FN6O2S/c1-14-11-7(10-13-14)12-17(15,16)6-5(8)3-2-4-9-6/h2-4H,1H3,(H,11,12). The molecule has 0 aliphatic carbocycles. The van der Waals surface area contributed by atoms with Crippen molar-refractivity contribution in [3.8, 4) is 0 Å². The Balaban J connectivity index is 2.35. The average Bonchev–Trinajstić information content (AvgIpc) is 2.63. The summed E-state index contributed by atoms with van der Waals surface area (Å²) >= 11 is 0. The maximum absolute atomic E-state index is 13.2. The number of pyridine rings is 1. The van der Waals surface area contributed by atoms with Gasteiger partial charge < -0.3 is 0 Å². The molecule has 2 aromatic rings. The van der Waals surface area contributed by atoms with Crippen molar-refractivity contribution in [2.45, 2.75) is 5.03 Å². The number of aromatic nitrogens is 5. The van der Waals surface area contributed by atoms with Crippen molar-refractivity contribution in [1.29, 1.82) is 0 Å². The summed E-state index contributed by atoms with van der Waals surface area (Å²) < 4.78 is 38.6. The molecule has 0 saturated heterocycles. The van der Waals surface area contributed by atoms with Crippen LogP contribution in [0.4, 0.5) is 10.3 Å². The molecule has 0 bridgehead atoms. The lowest BCUT2D eigenvalue weighted by atomic mass is 10.5. The van der Waals surface area contributed by atoms with Crippen LogP contribution in [0.25, 0.3) is 0 Å². The highest BCUT2D eigenvalue weighted by Crippen LogP contribution is 2.12. The highest BCUT2D eigenvalue weighted by Gasteiger charge is 2.22. The molecule has 0 unspecified atom stereocenters.